The fourth-order valence-corrected chi connectivity index (χ4v) is 3.36. The molecule has 2 aromatic rings. The van der Waals surface area contributed by atoms with Crippen LogP contribution in [0.1, 0.15) is 30.5 Å². The van der Waals surface area contributed by atoms with Gasteiger partial charge in [0.15, 0.2) is 0 Å². The maximum Gasteiger partial charge on any atom is 0.258 e. The van der Waals surface area contributed by atoms with Crippen LogP contribution in [0.3, 0.4) is 0 Å². The Morgan fingerprint density at radius 3 is 3.00 bits per heavy atom. The van der Waals surface area contributed by atoms with E-state index in [2.05, 4.69) is 9.88 Å². The van der Waals surface area contributed by atoms with Gasteiger partial charge >= 0.3 is 0 Å². The lowest BCUT2D eigenvalue weighted by Crippen LogP contribution is -2.30. The first kappa shape index (κ1) is 15.2. The van der Waals surface area contributed by atoms with E-state index in [9.17, 15) is 9.90 Å². The van der Waals surface area contributed by atoms with Crippen LogP contribution in [0.25, 0.3) is 5.65 Å². The molecule has 1 saturated carbocycles. The van der Waals surface area contributed by atoms with Crippen molar-refractivity contribution in [3.63, 3.8) is 0 Å². The van der Waals surface area contributed by atoms with Gasteiger partial charge in [0.2, 0.25) is 0 Å². The van der Waals surface area contributed by atoms with Gasteiger partial charge in [-0.3, -0.25) is 9.20 Å². The molecule has 1 fully saturated rings. The Morgan fingerprint density at radius 2 is 2.27 bits per heavy atom. The second kappa shape index (κ2) is 6.18. The Kier molecular flexibility index (Phi) is 4.27. The minimum absolute atomic E-state index is 0.0435. The lowest BCUT2D eigenvalue weighted by Gasteiger charge is -2.22. The van der Waals surface area contributed by atoms with Gasteiger partial charge < -0.3 is 10.0 Å². The lowest BCUT2D eigenvalue weighted by molar-refractivity contribution is 0.107. The summed E-state index contributed by atoms with van der Waals surface area (Å²) in [6.07, 6.45) is 4.67. The summed E-state index contributed by atoms with van der Waals surface area (Å²) in [6.45, 7) is 3.43. The second-order valence-electron chi connectivity index (χ2n) is 6.43. The van der Waals surface area contributed by atoms with E-state index in [4.69, 9.17) is 0 Å². The van der Waals surface area contributed by atoms with Crippen LogP contribution in [0.15, 0.2) is 29.2 Å². The first-order chi connectivity index (χ1) is 10.5. The number of pyridine rings is 1. The summed E-state index contributed by atoms with van der Waals surface area (Å²) in [4.78, 5) is 19.0. The summed E-state index contributed by atoms with van der Waals surface area (Å²) in [7, 11) is 2.02. The number of rotatable bonds is 4. The maximum absolute atomic E-state index is 12.2. The molecule has 1 aliphatic carbocycles. The Balaban J connectivity index is 1.79. The minimum Gasteiger partial charge on any atom is -0.393 e. The van der Waals surface area contributed by atoms with Crippen molar-refractivity contribution in [2.75, 3.05) is 13.6 Å². The molecular formula is C17H23N3O2. The molecule has 0 spiro atoms. The van der Waals surface area contributed by atoms with Crippen LogP contribution in [0, 0.1) is 12.8 Å². The highest BCUT2D eigenvalue weighted by Gasteiger charge is 2.26. The predicted octanol–water partition coefficient (Wildman–Crippen LogP) is 1.60. The first-order valence-corrected chi connectivity index (χ1v) is 7.89. The minimum atomic E-state index is -0.181. The predicted molar refractivity (Wildman–Crippen MR) is 85.9 cm³/mol. The molecule has 2 unspecified atom stereocenters. The molecule has 118 valence electrons. The van der Waals surface area contributed by atoms with Gasteiger partial charge in [-0.1, -0.05) is 12.5 Å². The molecule has 0 amide bonds. The molecule has 0 radical (unpaired) electrons. The summed E-state index contributed by atoms with van der Waals surface area (Å²) in [6, 6.07) is 5.43. The number of fused-ring (bicyclic) bond motifs is 1. The zero-order valence-electron chi connectivity index (χ0n) is 13.2. The second-order valence-corrected chi connectivity index (χ2v) is 6.43. The van der Waals surface area contributed by atoms with E-state index in [1.54, 1.807) is 16.7 Å². The number of aliphatic hydroxyl groups excluding tert-OH is 1. The fraction of sp³-hybridized carbons (Fsp3) is 0.529. The van der Waals surface area contributed by atoms with E-state index in [1.165, 1.54) is 0 Å². The zero-order chi connectivity index (χ0) is 15.7. The van der Waals surface area contributed by atoms with Crippen LogP contribution >= 0.6 is 0 Å². The van der Waals surface area contributed by atoms with E-state index in [0.717, 1.165) is 42.7 Å². The molecule has 5 nitrogen and oxygen atoms in total. The summed E-state index contributed by atoms with van der Waals surface area (Å²) in [5, 5.41) is 9.93. The van der Waals surface area contributed by atoms with Gasteiger partial charge in [0.25, 0.3) is 5.56 Å². The molecule has 2 heterocycles. The normalized spacial score (nSPS) is 21.8. The van der Waals surface area contributed by atoms with Gasteiger partial charge in [-0.15, -0.1) is 0 Å². The van der Waals surface area contributed by atoms with Crippen LogP contribution in [-0.4, -0.2) is 39.1 Å². The SMILES string of the molecule is Cc1cccn2c(=O)cc(CN(C)CC3CCCC3O)nc12. The van der Waals surface area contributed by atoms with Crippen LogP contribution in [0.2, 0.25) is 0 Å². The molecule has 0 aromatic carbocycles. The number of aryl methyl sites for hydroxylation is 1. The average Bonchev–Trinajstić information content (AvgIpc) is 2.85. The quantitative estimate of drug-likeness (QED) is 0.932. The van der Waals surface area contributed by atoms with Crippen molar-refractivity contribution in [1.29, 1.82) is 0 Å². The molecule has 0 aliphatic heterocycles. The van der Waals surface area contributed by atoms with Crippen molar-refractivity contribution in [2.24, 2.45) is 5.92 Å². The molecule has 5 heteroatoms. The molecule has 1 aliphatic rings. The van der Waals surface area contributed by atoms with E-state index >= 15 is 0 Å². The Hall–Kier alpha value is -1.72. The third-order valence-electron chi connectivity index (χ3n) is 4.54. The monoisotopic (exact) mass is 301 g/mol. The van der Waals surface area contributed by atoms with Crippen LogP contribution in [0.4, 0.5) is 0 Å². The Labute approximate surface area is 130 Å². The van der Waals surface area contributed by atoms with Crippen LogP contribution in [-0.2, 0) is 6.54 Å². The molecule has 2 aromatic heterocycles. The topological polar surface area (TPSA) is 57.8 Å². The van der Waals surface area contributed by atoms with Crippen molar-refractivity contribution in [1.82, 2.24) is 14.3 Å². The molecule has 2 atom stereocenters. The maximum atomic E-state index is 12.2. The van der Waals surface area contributed by atoms with Crippen LogP contribution in [0.5, 0.6) is 0 Å². The summed E-state index contributed by atoms with van der Waals surface area (Å²) in [5.41, 5.74) is 2.46. The third-order valence-corrected chi connectivity index (χ3v) is 4.54. The standard InChI is InChI=1S/C17H23N3O2/c1-12-5-4-8-20-16(22)9-14(18-17(12)20)11-19(2)10-13-6-3-7-15(13)21/h4-5,8-9,13,15,21H,3,6-7,10-11H2,1-2H3. The van der Waals surface area contributed by atoms with Gasteiger partial charge in [-0.05, 0) is 44.4 Å². The van der Waals surface area contributed by atoms with E-state index in [1.807, 2.05) is 26.1 Å². The van der Waals surface area contributed by atoms with Gasteiger partial charge in [-0.2, -0.15) is 0 Å². The number of aliphatic hydroxyl groups is 1. The largest absolute Gasteiger partial charge is 0.393 e. The molecule has 3 rings (SSSR count). The number of hydrogen-bond donors (Lipinski definition) is 1. The highest BCUT2D eigenvalue weighted by atomic mass is 16.3. The molecule has 1 N–H and O–H groups in total. The highest BCUT2D eigenvalue weighted by Crippen LogP contribution is 2.26. The average molecular weight is 301 g/mol. The van der Waals surface area contributed by atoms with Crippen molar-refractivity contribution in [2.45, 2.75) is 38.8 Å². The van der Waals surface area contributed by atoms with E-state index in [-0.39, 0.29) is 11.7 Å². The van der Waals surface area contributed by atoms with Gasteiger partial charge in [0.05, 0.1) is 11.8 Å². The Bertz CT molecular complexity index is 725. The lowest BCUT2D eigenvalue weighted by atomic mass is 10.1. The van der Waals surface area contributed by atoms with Gasteiger partial charge in [0, 0.05) is 25.4 Å². The van der Waals surface area contributed by atoms with Gasteiger partial charge in [0.1, 0.15) is 5.65 Å². The highest BCUT2D eigenvalue weighted by molar-refractivity contribution is 5.46. The van der Waals surface area contributed by atoms with Crippen LogP contribution < -0.4 is 5.56 Å². The molecular weight excluding hydrogens is 278 g/mol. The van der Waals surface area contributed by atoms with Gasteiger partial charge in [-0.25, -0.2) is 4.98 Å². The van der Waals surface area contributed by atoms with Crippen molar-refractivity contribution >= 4 is 5.65 Å². The smallest absolute Gasteiger partial charge is 0.258 e. The summed E-state index contributed by atoms with van der Waals surface area (Å²) < 4.78 is 1.58. The third kappa shape index (κ3) is 3.05. The van der Waals surface area contributed by atoms with Crippen molar-refractivity contribution in [3.8, 4) is 0 Å². The Morgan fingerprint density at radius 1 is 1.45 bits per heavy atom. The number of nitrogens with zero attached hydrogens (tertiary/aromatic N) is 3. The fourth-order valence-electron chi connectivity index (χ4n) is 3.36. The first-order valence-electron chi connectivity index (χ1n) is 7.89. The van der Waals surface area contributed by atoms with E-state index in [0.29, 0.717) is 12.5 Å². The van der Waals surface area contributed by atoms with E-state index < -0.39 is 0 Å². The molecule has 0 bridgehead atoms. The van der Waals surface area contributed by atoms with Crippen molar-refractivity contribution < 1.29 is 5.11 Å². The summed E-state index contributed by atoms with van der Waals surface area (Å²) >= 11 is 0. The molecule has 22 heavy (non-hydrogen) atoms. The molecule has 0 saturated heterocycles. The van der Waals surface area contributed by atoms with Crippen molar-refractivity contribution in [3.05, 3.63) is 46.0 Å². The zero-order valence-corrected chi connectivity index (χ0v) is 13.2. The number of hydrogen-bond acceptors (Lipinski definition) is 4. The number of aromatic nitrogens is 2. The summed E-state index contributed by atoms with van der Waals surface area (Å²) in [5.74, 6) is 0.341.